The number of aliphatic hydroxyl groups is 1. The SMILES string of the molecule is [CH2]CCNC(=O)CCCCCCC/C=C\CC(O)CCCCCC. The van der Waals surface area contributed by atoms with Crippen LogP contribution in [-0.2, 0) is 4.79 Å². The second-order valence-corrected chi connectivity index (χ2v) is 6.72. The average molecular weight is 339 g/mol. The number of amides is 1. The van der Waals surface area contributed by atoms with Gasteiger partial charge in [0, 0.05) is 13.0 Å². The maximum absolute atomic E-state index is 11.4. The van der Waals surface area contributed by atoms with Gasteiger partial charge in [-0.2, -0.15) is 0 Å². The molecule has 0 saturated heterocycles. The minimum Gasteiger partial charge on any atom is -0.393 e. The molecule has 141 valence electrons. The molecule has 0 aliphatic heterocycles. The van der Waals surface area contributed by atoms with E-state index < -0.39 is 0 Å². The Morgan fingerprint density at radius 1 is 1.04 bits per heavy atom. The zero-order valence-corrected chi connectivity index (χ0v) is 15.9. The first-order chi connectivity index (χ1) is 11.7. The quantitative estimate of drug-likeness (QED) is 0.278. The van der Waals surface area contributed by atoms with Crippen LogP contribution >= 0.6 is 0 Å². The van der Waals surface area contributed by atoms with E-state index in [1.54, 1.807) is 0 Å². The first-order valence-electron chi connectivity index (χ1n) is 10.1. The minimum atomic E-state index is -0.159. The summed E-state index contributed by atoms with van der Waals surface area (Å²) in [4.78, 5) is 11.4. The number of aliphatic hydroxyl groups excluding tert-OH is 1. The van der Waals surface area contributed by atoms with E-state index in [0.717, 1.165) is 44.9 Å². The van der Waals surface area contributed by atoms with Gasteiger partial charge in [0.2, 0.25) is 5.91 Å². The molecule has 0 aliphatic rings. The molecule has 0 saturated carbocycles. The van der Waals surface area contributed by atoms with Gasteiger partial charge in [0.25, 0.3) is 0 Å². The highest BCUT2D eigenvalue weighted by Crippen LogP contribution is 2.10. The zero-order chi connectivity index (χ0) is 17.9. The lowest BCUT2D eigenvalue weighted by atomic mass is 10.1. The van der Waals surface area contributed by atoms with E-state index in [2.05, 4.69) is 31.3 Å². The Labute approximate surface area is 150 Å². The summed E-state index contributed by atoms with van der Waals surface area (Å²) in [6.07, 6.45) is 19.1. The van der Waals surface area contributed by atoms with Gasteiger partial charge in [0.05, 0.1) is 6.10 Å². The molecule has 0 spiro atoms. The van der Waals surface area contributed by atoms with Gasteiger partial charge in [0.1, 0.15) is 0 Å². The van der Waals surface area contributed by atoms with E-state index in [0.29, 0.717) is 13.0 Å². The Morgan fingerprint density at radius 2 is 1.75 bits per heavy atom. The maximum Gasteiger partial charge on any atom is 0.219 e. The maximum atomic E-state index is 11.4. The zero-order valence-electron chi connectivity index (χ0n) is 15.9. The highest BCUT2D eigenvalue weighted by Gasteiger charge is 2.01. The van der Waals surface area contributed by atoms with Crippen molar-refractivity contribution < 1.29 is 9.90 Å². The van der Waals surface area contributed by atoms with Crippen LogP contribution in [-0.4, -0.2) is 23.7 Å². The second kappa shape index (κ2) is 18.5. The van der Waals surface area contributed by atoms with E-state index >= 15 is 0 Å². The summed E-state index contributed by atoms with van der Waals surface area (Å²) in [7, 11) is 0. The number of hydrogen-bond acceptors (Lipinski definition) is 2. The van der Waals surface area contributed by atoms with Crippen molar-refractivity contribution in [3.8, 4) is 0 Å². The molecular weight excluding hydrogens is 298 g/mol. The number of carbonyl (C=O) groups is 1. The van der Waals surface area contributed by atoms with Gasteiger partial charge in [-0.3, -0.25) is 4.79 Å². The second-order valence-electron chi connectivity index (χ2n) is 6.72. The summed E-state index contributed by atoms with van der Waals surface area (Å²) in [5.74, 6) is 0.162. The van der Waals surface area contributed by atoms with Crippen molar-refractivity contribution in [1.29, 1.82) is 0 Å². The van der Waals surface area contributed by atoms with Crippen molar-refractivity contribution in [2.24, 2.45) is 0 Å². The van der Waals surface area contributed by atoms with Crippen molar-refractivity contribution in [2.45, 2.75) is 103 Å². The summed E-state index contributed by atoms with van der Waals surface area (Å²) in [6, 6.07) is 0. The molecule has 3 nitrogen and oxygen atoms in total. The van der Waals surface area contributed by atoms with Gasteiger partial charge in [0.15, 0.2) is 0 Å². The molecule has 0 heterocycles. The van der Waals surface area contributed by atoms with E-state index in [4.69, 9.17) is 0 Å². The highest BCUT2D eigenvalue weighted by atomic mass is 16.3. The highest BCUT2D eigenvalue weighted by molar-refractivity contribution is 5.75. The van der Waals surface area contributed by atoms with Crippen LogP contribution in [0.3, 0.4) is 0 Å². The number of allylic oxidation sites excluding steroid dienone is 1. The van der Waals surface area contributed by atoms with Crippen LogP contribution in [0.25, 0.3) is 0 Å². The third kappa shape index (κ3) is 17.5. The van der Waals surface area contributed by atoms with Crippen molar-refractivity contribution in [3.63, 3.8) is 0 Å². The molecule has 0 bridgehead atoms. The molecule has 0 fully saturated rings. The summed E-state index contributed by atoms with van der Waals surface area (Å²) in [5.41, 5.74) is 0. The van der Waals surface area contributed by atoms with Gasteiger partial charge < -0.3 is 10.4 Å². The Bertz CT molecular complexity index is 302. The summed E-state index contributed by atoms with van der Waals surface area (Å²) >= 11 is 0. The molecule has 0 aromatic carbocycles. The Balaban J connectivity index is 3.30. The number of unbranched alkanes of at least 4 members (excludes halogenated alkanes) is 8. The van der Waals surface area contributed by atoms with Gasteiger partial charge in [-0.15, -0.1) is 0 Å². The van der Waals surface area contributed by atoms with Crippen LogP contribution in [0.15, 0.2) is 12.2 Å². The molecular formula is C21H40NO2. The third-order valence-corrected chi connectivity index (χ3v) is 4.24. The molecule has 1 unspecified atom stereocenters. The van der Waals surface area contributed by atoms with Gasteiger partial charge >= 0.3 is 0 Å². The van der Waals surface area contributed by atoms with Crippen LogP contribution in [0.1, 0.15) is 96.8 Å². The molecule has 1 atom stereocenters. The van der Waals surface area contributed by atoms with Gasteiger partial charge in [-0.05, 0) is 38.5 Å². The number of rotatable bonds is 17. The van der Waals surface area contributed by atoms with E-state index in [1.807, 2.05) is 0 Å². The first kappa shape index (κ1) is 23.2. The van der Waals surface area contributed by atoms with Crippen molar-refractivity contribution in [1.82, 2.24) is 5.32 Å². The van der Waals surface area contributed by atoms with Crippen LogP contribution < -0.4 is 5.32 Å². The summed E-state index contributed by atoms with van der Waals surface area (Å²) in [6.45, 7) is 6.61. The number of nitrogens with one attached hydrogen (secondary N) is 1. The first-order valence-corrected chi connectivity index (χ1v) is 10.1. The van der Waals surface area contributed by atoms with Crippen LogP contribution in [0.4, 0.5) is 0 Å². The number of hydrogen-bond donors (Lipinski definition) is 2. The Hall–Kier alpha value is -0.830. The number of carbonyl (C=O) groups excluding carboxylic acids is 1. The van der Waals surface area contributed by atoms with Crippen LogP contribution in [0.2, 0.25) is 0 Å². The molecule has 0 aromatic heterocycles. The fraction of sp³-hybridized carbons (Fsp3) is 0.810. The van der Waals surface area contributed by atoms with Crippen LogP contribution in [0.5, 0.6) is 0 Å². The molecule has 0 aliphatic carbocycles. The van der Waals surface area contributed by atoms with E-state index in [-0.39, 0.29) is 12.0 Å². The predicted octanol–water partition coefficient (Wildman–Crippen LogP) is 5.34. The van der Waals surface area contributed by atoms with Gasteiger partial charge in [-0.1, -0.05) is 70.9 Å². The lowest BCUT2D eigenvalue weighted by Gasteiger charge is -2.07. The topological polar surface area (TPSA) is 49.3 Å². The van der Waals surface area contributed by atoms with E-state index in [9.17, 15) is 9.90 Å². The van der Waals surface area contributed by atoms with Gasteiger partial charge in [-0.25, -0.2) is 0 Å². The van der Waals surface area contributed by atoms with Crippen molar-refractivity contribution in [3.05, 3.63) is 19.1 Å². The molecule has 0 rings (SSSR count). The monoisotopic (exact) mass is 338 g/mol. The fourth-order valence-electron chi connectivity index (χ4n) is 2.69. The predicted molar refractivity (Wildman–Crippen MR) is 104 cm³/mol. The summed E-state index contributed by atoms with van der Waals surface area (Å²) in [5, 5.41) is 12.7. The lowest BCUT2D eigenvalue weighted by Crippen LogP contribution is -2.23. The summed E-state index contributed by atoms with van der Waals surface area (Å²) < 4.78 is 0. The Kier molecular flexibility index (Phi) is 17.9. The normalized spacial score (nSPS) is 12.6. The fourth-order valence-corrected chi connectivity index (χ4v) is 2.69. The van der Waals surface area contributed by atoms with Crippen molar-refractivity contribution >= 4 is 5.91 Å². The van der Waals surface area contributed by atoms with Crippen LogP contribution in [0, 0.1) is 6.92 Å². The van der Waals surface area contributed by atoms with Crippen molar-refractivity contribution in [2.75, 3.05) is 6.54 Å². The molecule has 1 amide bonds. The molecule has 24 heavy (non-hydrogen) atoms. The smallest absolute Gasteiger partial charge is 0.219 e. The standard InChI is InChI=1S/C21H40NO2/c1-3-5-6-13-16-20(23)17-14-11-9-7-8-10-12-15-18-21(24)22-19-4-2/h11,14,20,23H,2-10,12-13,15-19H2,1H3,(H,22,24)/b14-11-. The average Bonchev–Trinajstić information content (AvgIpc) is 2.58. The molecule has 2 N–H and O–H groups in total. The Morgan fingerprint density at radius 3 is 2.50 bits per heavy atom. The molecule has 1 radical (unpaired) electrons. The minimum absolute atomic E-state index is 0.159. The largest absolute Gasteiger partial charge is 0.393 e. The van der Waals surface area contributed by atoms with E-state index in [1.165, 1.54) is 38.5 Å². The lowest BCUT2D eigenvalue weighted by molar-refractivity contribution is -0.121. The molecule has 0 aromatic rings. The molecule has 3 heteroatoms. The third-order valence-electron chi connectivity index (χ3n) is 4.24.